The third-order valence-corrected chi connectivity index (χ3v) is 6.54. The van der Waals surface area contributed by atoms with Gasteiger partial charge < -0.3 is 30.4 Å². The van der Waals surface area contributed by atoms with E-state index >= 15 is 0 Å². The van der Waals surface area contributed by atoms with Crippen LogP contribution in [0.5, 0.6) is 11.5 Å². The van der Waals surface area contributed by atoms with Crippen molar-refractivity contribution in [3.63, 3.8) is 0 Å². The lowest BCUT2D eigenvalue weighted by Crippen LogP contribution is -2.13. The number of methoxy groups -OCH3 is 2. The summed E-state index contributed by atoms with van der Waals surface area (Å²) in [5, 5.41) is 6.71. The van der Waals surface area contributed by atoms with Gasteiger partial charge in [-0.15, -0.1) is 0 Å². The Bertz CT molecular complexity index is 1370. The van der Waals surface area contributed by atoms with Crippen LogP contribution in [0.25, 0.3) is 0 Å². The minimum absolute atomic E-state index is 0.140. The molecule has 1 heterocycles. The van der Waals surface area contributed by atoms with Gasteiger partial charge in [-0.2, -0.15) is 0 Å². The van der Waals surface area contributed by atoms with E-state index in [2.05, 4.69) is 15.6 Å². The summed E-state index contributed by atoms with van der Waals surface area (Å²) >= 11 is 1.15. The van der Waals surface area contributed by atoms with Crippen LogP contribution in [0.2, 0.25) is 0 Å². The van der Waals surface area contributed by atoms with Gasteiger partial charge in [0.2, 0.25) is 0 Å². The number of imidazole rings is 1. The van der Waals surface area contributed by atoms with Crippen LogP contribution in [0, 0.1) is 5.82 Å². The normalized spacial score (nSPS) is 10.7. The van der Waals surface area contributed by atoms with Crippen LogP contribution >= 0.6 is 11.8 Å². The third-order valence-electron chi connectivity index (χ3n) is 5.43. The van der Waals surface area contributed by atoms with Crippen molar-refractivity contribution in [3.8, 4) is 11.5 Å². The molecule has 4 N–H and O–H groups in total. The third kappa shape index (κ3) is 5.72. The average Bonchev–Trinajstić information content (AvgIpc) is 3.29. The van der Waals surface area contributed by atoms with Gasteiger partial charge in [-0.1, -0.05) is 12.1 Å². The lowest BCUT2D eigenvalue weighted by atomic mass is 10.1. The Labute approximate surface area is 212 Å². The number of halogens is 1. The van der Waals surface area contributed by atoms with Crippen LogP contribution < -0.4 is 25.8 Å². The van der Waals surface area contributed by atoms with Gasteiger partial charge in [-0.3, -0.25) is 4.79 Å². The van der Waals surface area contributed by atoms with Crippen LogP contribution in [0.1, 0.15) is 15.9 Å². The molecule has 0 radical (unpaired) electrons. The van der Waals surface area contributed by atoms with Crippen LogP contribution in [-0.2, 0) is 13.6 Å². The minimum atomic E-state index is -0.482. The fraction of sp³-hybridized carbons (Fsp3) is 0.154. The summed E-state index contributed by atoms with van der Waals surface area (Å²) in [4.78, 5) is 17.3. The summed E-state index contributed by atoms with van der Waals surface area (Å²) < 4.78 is 26.8. The Kier molecular flexibility index (Phi) is 7.65. The Morgan fingerprint density at radius 1 is 1.08 bits per heavy atom. The van der Waals surface area contributed by atoms with Gasteiger partial charge in [-0.05, 0) is 47.7 Å². The summed E-state index contributed by atoms with van der Waals surface area (Å²) in [6.07, 6.45) is 3.40. The molecule has 0 atom stereocenters. The van der Waals surface area contributed by atoms with Crippen molar-refractivity contribution in [3.05, 3.63) is 83.9 Å². The molecule has 0 aliphatic rings. The van der Waals surface area contributed by atoms with Crippen molar-refractivity contribution in [2.75, 3.05) is 30.6 Å². The number of aromatic nitrogens is 2. The molecule has 0 saturated carbocycles. The maximum absolute atomic E-state index is 14.5. The predicted octanol–water partition coefficient (Wildman–Crippen LogP) is 5.17. The zero-order chi connectivity index (χ0) is 25.7. The minimum Gasteiger partial charge on any atom is -0.493 e. The SMILES string of the molecule is COc1ccc(NCc2ccc(C(=O)Nc3cc(Sc4nccn4C)c(F)cc3N)cc2)cc1OC. The van der Waals surface area contributed by atoms with E-state index in [1.807, 2.05) is 37.4 Å². The molecule has 36 heavy (non-hydrogen) atoms. The van der Waals surface area contributed by atoms with Crippen molar-refractivity contribution in [2.45, 2.75) is 16.6 Å². The van der Waals surface area contributed by atoms with E-state index in [-0.39, 0.29) is 11.6 Å². The summed E-state index contributed by atoms with van der Waals surface area (Å²) in [5.74, 6) is 0.462. The van der Waals surface area contributed by atoms with E-state index in [0.717, 1.165) is 23.0 Å². The Morgan fingerprint density at radius 2 is 1.83 bits per heavy atom. The van der Waals surface area contributed by atoms with Crippen LogP contribution in [0.15, 0.2) is 77.0 Å². The number of nitrogens with zero attached hydrogens (tertiary/aromatic N) is 2. The van der Waals surface area contributed by atoms with Gasteiger partial charge in [0.05, 0.1) is 30.5 Å². The number of benzene rings is 3. The van der Waals surface area contributed by atoms with Gasteiger partial charge in [0.15, 0.2) is 16.7 Å². The summed E-state index contributed by atoms with van der Waals surface area (Å²) in [6, 6.07) is 15.5. The van der Waals surface area contributed by atoms with Crippen molar-refractivity contribution in [1.82, 2.24) is 9.55 Å². The fourth-order valence-electron chi connectivity index (χ4n) is 3.42. The van der Waals surface area contributed by atoms with Crippen molar-refractivity contribution >= 4 is 34.7 Å². The Balaban J connectivity index is 1.41. The van der Waals surface area contributed by atoms with E-state index in [1.165, 1.54) is 12.1 Å². The molecule has 0 aliphatic carbocycles. The molecule has 0 aliphatic heterocycles. The van der Waals surface area contributed by atoms with Gasteiger partial charge >= 0.3 is 0 Å². The quantitative estimate of drug-likeness (QED) is 0.268. The number of aryl methyl sites for hydroxylation is 1. The van der Waals surface area contributed by atoms with Gasteiger partial charge in [0.1, 0.15) is 5.82 Å². The van der Waals surface area contributed by atoms with Crippen LogP contribution in [-0.4, -0.2) is 29.7 Å². The van der Waals surface area contributed by atoms with E-state index in [1.54, 1.807) is 43.3 Å². The average molecular weight is 508 g/mol. The zero-order valence-electron chi connectivity index (χ0n) is 20.0. The van der Waals surface area contributed by atoms with Crippen LogP contribution in [0.3, 0.4) is 0 Å². The Morgan fingerprint density at radius 3 is 2.50 bits per heavy atom. The van der Waals surface area contributed by atoms with Crippen molar-refractivity contribution < 1.29 is 18.7 Å². The van der Waals surface area contributed by atoms with Crippen molar-refractivity contribution in [1.29, 1.82) is 0 Å². The molecule has 0 saturated heterocycles. The van der Waals surface area contributed by atoms with Gasteiger partial charge in [0, 0.05) is 49.4 Å². The maximum Gasteiger partial charge on any atom is 0.255 e. The summed E-state index contributed by atoms with van der Waals surface area (Å²) in [5.41, 5.74) is 8.75. The lowest BCUT2D eigenvalue weighted by molar-refractivity contribution is 0.102. The predicted molar refractivity (Wildman–Crippen MR) is 139 cm³/mol. The molecule has 0 bridgehead atoms. The number of amides is 1. The highest BCUT2D eigenvalue weighted by Crippen LogP contribution is 2.34. The second-order valence-electron chi connectivity index (χ2n) is 7.87. The van der Waals surface area contributed by atoms with Crippen LogP contribution in [0.4, 0.5) is 21.5 Å². The molecule has 0 spiro atoms. The number of nitrogen functional groups attached to an aromatic ring is 1. The van der Waals surface area contributed by atoms with E-state index in [9.17, 15) is 9.18 Å². The number of nitrogens with two attached hydrogens (primary N) is 1. The molecule has 10 heteroatoms. The molecule has 186 valence electrons. The lowest BCUT2D eigenvalue weighted by Gasteiger charge is -2.13. The smallest absolute Gasteiger partial charge is 0.255 e. The second-order valence-corrected chi connectivity index (χ2v) is 8.88. The van der Waals surface area contributed by atoms with E-state index in [0.29, 0.717) is 39.3 Å². The van der Waals surface area contributed by atoms with Crippen molar-refractivity contribution in [2.24, 2.45) is 7.05 Å². The number of carbonyl (C=O) groups is 1. The fourth-order valence-corrected chi connectivity index (χ4v) is 4.27. The van der Waals surface area contributed by atoms with E-state index in [4.69, 9.17) is 15.2 Å². The number of anilines is 3. The first-order valence-corrected chi connectivity index (χ1v) is 11.8. The number of ether oxygens (including phenoxy) is 2. The highest BCUT2D eigenvalue weighted by molar-refractivity contribution is 7.99. The molecule has 1 aromatic heterocycles. The maximum atomic E-state index is 14.5. The monoisotopic (exact) mass is 507 g/mol. The number of carbonyl (C=O) groups excluding carboxylic acids is 1. The molecule has 4 aromatic rings. The summed E-state index contributed by atoms with van der Waals surface area (Å²) in [6.45, 7) is 0.552. The topological polar surface area (TPSA) is 103 Å². The zero-order valence-corrected chi connectivity index (χ0v) is 20.9. The van der Waals surface area contributed by atoms with Gasteiger partial charge in [-0.25, -0.2) is 9.37 Å². The molecular weight excluding hydrogens is 481 g/mol. The highest BCUT2D eigenvalue weighted by atomic mass is 32.2. The first-order chi connectivity index (χ1) is 17.4. The molecule has 8 nitrogen and oxygen atoms in total. The number of nitrogens with one attached hydrogen (secondary N) is 2. The van der Waals surface area contributed by atoms with E-state index < -0.39 is 5.82 Å². The molecule has 4 rings (SSSR count). The molecule has 0 unspecified atom stereocenters. The molecular formula is C26H26FN5O3S. The Hall–Kier alpha value is -4.18. The number of rotatable bonds is 9. The largest absolute Gasteiger partial charge is 0.493 e. The molecule has 0 fully saturated rings. The second kappa shape index (κ2) is 11.0. The number of hydrogen-bond acceptors (Lipinski definition) is 7. The number of hydrogen-bond donors (Lipinski definition) is 3. The first-order valence-electron chi connectivity index (χ1n) is 11.0. The standard InChI is InChI=1S/C26H26FN5O3S/c1-32-11-10-29-26(32)36-24-14-21(20(28)13-19(24)27)31-25(33)17-6-4-16(5-7-17)15-30-18-8-9-22(34-2)23(12-18)35-3/h4-14,30H,15,28H2,1-3H3,(H,31,33). The first kappa shape index (κ1) is 24.9. The van der Waals surface area contributed by atoms with Gasteiger partial charge in [0.25, 0.3) is 5.91 Å². The molecule has 1 amide bonds. The highest BCUT2D eigenvalue weighted by Gasteiger charge is 2.15. The molecule has 3 aromatic carbocycles. The summed E-state index contributed by atoms with van der Waals surface area (Å²) in [7, 11) is 5.00.